The lowest BCUT2D eigenvalue weighted by molar-refractivity contribution is 0.122. The summed E-state index contributed by atoms with van der Waals surface area (Å²) in [4.78, 5) is -0.627. The quantitative estimate of drug-likeness (QED) is 0.810. The highest BCUT2D eigenvalue weighted by Gasteiger charge is 2.23. The third-order valence-corrected chi connectivity index (χ3v) is 4.05. The molecule has 0 saturated heterocycles. The average molecular weight is 294 g/mol. The summed E-state index contributed by atoms with van der Waals surface area (Å²) in [6, 6.07) is 1.74. The van der Waals surface area contributed by atoms with Crippen molar-refractivity contribution in [3.8, 4) is 0 Å². The Morgan fingerprint density at radius 3 is 2.58 bits per heavy atom. The van der Waals surface area contributed by atoms with Crippen LogP contribution in [0.5, 0.6) is 0 Å². The van der Waals surface area contributed by atoms with Crippen LogP contribution in [-0.4, -0.2) is 28.2 Å². The van der Waals surface area contributed by atoms with E-state index in [0.717, 1.165) is 12.1 Å². The summed E-state index contributed by atoms with van der Waals surface area (Å²) in [5.74, 6) is -2.04. The molecular formula is C11H16F2N2O3S. The molecule has 1 aromatic carbocycles. The van der Waals surface area contributed by atoms with Gasteiger partial charge in [-0.15, -0.1) is 0 Å². The van der Waals surface area contributed by atoms with Crippen LogP contribution in [0.3, 0.4) is 0 Å². The number of nitrogens with one attached hydrogen (secondary N) is 1. The Bertz CT molecular complexity index is 549. The second-order valence-electron chi connectivity index (χ2n) is 3.94. The summed E-state index contributed by atoms with van der Waals surface area (Å²) < 4.78 is 57.9. The van der Waals surface area contributed by atoms with E-state index in [0.29, 0.717) is 0 Å². The van der Waals surface area contributed by atoms with E-state index in [1.165, 1.54) is 7.11 Å². The van der Waals surface area contributed by atoms with Crippen molar-refractivity contribution in [2.75, 3.05) is 13.7 Å². The predicted molar refractivity (Wildman–Crippen MR) is 65.9 cm³/mol. The van der Waals surface area contributed by atoms with Gasteiger partial charge in [0.2, 0.25) is 10.0 Å². The topological polar surface area (TPSA) is 81.4 Å². The van der Waals surface area contributed by atoms with E-state index in [-0.39, 0.29) is 12.6 Å². The van der Waals surface area contributed by atoms with Crippen molar-refractivity contribution in [1.82, 2.24) is 4.72 Å². The van der Waals surface area contributed by atoms with Gasteiger partial charge < -0.3 is 10.5 Å². The van der Waals surface area contributed by atoms with Crippen LogP contribution in [0.4, 0.5) is 8.78 Å². The fourth-order valence-electron chi connectivity index (χ4n) is 1.36. The van der Waals surface area contributed by atoms with Crippen molar-refractivity contribution >= 4 is 10.0 Å². The van der Waals surface area contributed by atoms with Crippen LogP contribution in [0.25, 0.3) is 0 Å². The van der Waals surface area contributed by atoms with E-state index in [1.807, 2.05) is 0 Å². The van der Waals surface area contributed by atoms with Crippen molar-refractivity contribution in [1.29, 1.82) is 0 Å². The van der Waals surface area contributed by atoms with Crippen molar-refractivity contribution in [2.24, 2.45) is 5.73 Å². The summed E-state index contributed by atoms with van der Waals surface area (Å²) in [7, 11) is -2.65. The molecule has 1 unspecified atom stereocenters. The molecule has 0 heterocycles. The monoisotopic (exact) mass is 294 g/mol. The van der Waals surface area contributed by atoms with Crippen molar-refractivity contribution in [3.05, 3.63) is 29.3 Å². The van der Waals surface area contributed by atoms with E-state index in [4.69, 9.17) is 10.5 Å². The standard InChI is InChI=1S/C11H16F2N2O3S/c1-7(18-2)6-15-19(16,17)10-4-3-9(12)8(5-14)11(10)13/h3-4,7,15H,5-6,14H2,1-2H3. The minimum atomic E-state index is -4.07. The number of halogens is 2. The maximum atomic E-state index is 13.9. The molecule has 0 saturated carbocycles. The molecule has 1 atom stereocenters. The lowest BCUT2D eigenvalue weighted by atomic mass is 10.2. The summed E-state index contributed by atoms with van der Waals surface area (Å²) in [6.07, 6.45) is -0.368. The SMILES string of the molecule is COC(C)CNS(=O)(=O)c1ccc(F)c(CN)c1F. The van der Waals surface area contributed by atoms with E-state index in [1.54, 1.807) is 6.92 Å². The molecule has 8 heteroatoms. The first-order valence-corrected chi connectivity index (χ1v) is 7.01. The number of rotatable bonds is 6. The van der Waals surface area contributed by atoms with E-state index in [9.17, 15) is 17.2 Å². The molecule has 3 N–H and O–H groups in total. The average Bonchev–Trinajstić information content (AvgIpc) is 2.36. The molecule has 0 radical (unpaired) electrons. The molecular weight excluding hydrogens is 278 g/mol. The highest BCUT2D eigenvalue weighted by atomic mass is 32.2. The number of sulfonamides is 1. The minimum Gasteiger partial charge on any atom is -0.380 e. The zero-order valence-corrected chi connectivity index (χ0v) is 11.4. The zero-order valence-electron chi connectivity index (χ0n) is 10.6. The Hall–Kier alpha value is -1.09. The van der Waals surface area contributed by atoms with Gasteiger partial charge in [-0.3, -0.25) is 0 Å². The highest BCUT2D eigenvalue weighted by Crippen LogP contribution is 2.20. The van der Waals surface area contributed by atoms with Crippen LogP contribution >= 0.6 is 0 Å². The first-order chi connectivity index (χ1) is 8.83. The number of nitrogens with two attached hydrogens (primary N) is 1. The van der Waals surface area contributed by atoms with Gasteiger partial charge in [-0.25, -0.2) is 21.9 Å². The van der Waals surface area contributed by atoms with Crippen molar-refractivity contribution in [2.45, 2.75) is 24.5 Å². The maximum absolute atomic E-state index is 13.9. The number of methoxy groups -OCH3 is 1. The summed E-state index contributed by atoms with van der Waals surface area (Å²) >= 11 is 0. The molecule has 108 valence electrons. The predicted octanol–water partition coefficient (Wildman–Crippen LogP) is 0.737. The lowest BCUT2D eigenvalue weighted by Gasteiger charge is -2.13. The van der Waals surface area contributed by atoms with Gasteiger partial charge in [-0.05, 0) is 19.1 Å². The zero-order chi connectivity index (χ0) is 14.6. The fourth-order valence-corrected chi connectivity index (χ4v) is 2.57. The summed E-state index contributed by atoms with van der Waals surface area (Å²) in [5.41, 5.74) is 4.74. The molecule has 0 aliphatic carbocycles. The van der Waals surface area contributed by atoms with Gasteiger partial charge in [0.05, 0.1) is 6.10 Å². The summed E-state index contributed by atoms with van der Waals surface area (Å²) in [6.45, 7) is 1.21. The first kappa shape index (κ1) is 16.0. The third kappa shape index (κ3) is 3.69. The number of hydrogen-bond acceptors (Lipinski definition) is 4. The Morgan fingerprint density at radius 2 is 2.05 bits per heavy atom. The largest absolute Gasteiger partial charge is 0.380 e. The Labute approximate surface area is 110 Å². The molecule has 0 bridgehead atoms. The van der Waals surface area contributed by atoms with Gasteiger partial charge in [0, 0.05) is 25.8 Å². The van der Waals surface area contributed by atoms with Crippen molar-refractivity contribution in [3.63, 3.8) is 0 Å². The third-order valence-electron chi connectivity index (χ3n) is 2.61. The molecule has 5 nitrogen and oxygen atoms in total. The molecule has 0 fully saturated rings. The van der Waals surface area contributed by atoms with Crippen LogP contribution in [-0.2, 0) is 21.3 Å². The van der Waals surface area contributed by atoms with E-state index in [2.05, 4.69) is 4.72 Å². The maximum Gasteiger partial charge on any atom is 0.243 e. The number of ether oxygens (including phenoxy) is 1. The van der Waals surface area contributed by atoms with Crippen LogP contribution in [0, 0.1) is 11.6 Å². The lowest BCUT2D eigenvalue weighted by Crippen LogP contribution is -2.32. The number of hydrogen-bond donors (Lipinski definition) is 2. The van der Waals surface area contributed by atoms with E-state index >= 15 is 0 Å². The molecule has 0 aliphatic heterocycles. The van der Waals surface area contributed by atoms with Gasteiger partial charge in [-0.1, -0.05) is 0 Å². The molecule has 0 aromatic heterocycles. The molecule has 1 aromatic rings. The summed E-state index contributed by atoms with van der Waals surface area (Å²) in [5, 5.41) is 0. The molecule has 0 amide bonds. The Balaban J connectivity index is 3.09. The van der Waals surface area contributed by atoms with Crippen LogP contribution in [0.1, 0.15) is 12.5 Å². The molecule has 0 aliphatic rings. The second-order valence-corrected chi connectivity index (χ2v) is 5.68. The van der Waals surface area contributed by atoms with Crippen LogP contribution in [0.15, 0.2) is 17.0 Å². The Kier molecular flexibility index (Phi) is 5.36. The van der Waals surface area contributed by atoms with Crippen molar-refractivity contribution < 1.29 is 21.9 Å². The fraction of sp³-hybridized carbons (Fsp3) is 0.455. The minimum absolute atomic E-state index is 0.0202. The van der Waals surface area contributed by atoms with Crippen LogP contribution in [0.2, 0.25) is 0 Å². The first-order valence-electron chi connectivity index (χ1n) is 5.53. The van der Waals surface area contributed by atoms with E-state index < -0.39 is 38.7 Å². The van der Waals surface area contributed by atoms with Gasteiger partial charge >= 0.3 is 0 Å². The molecule has 19 heavy (non-hydrogen) atoms. The number of benzene rings is 1. The highest BCUT2D eigenvalue weighted by molar-refractivity contribution is 7.89. The van der Waals surface area contributed by atoms with Crippen LogP contribution < -0.4 is 10.5 Å². The molecule has 0 spiro atoms. The smallest absolute Gasteiger partial charge is 0.243 e. The van der Waals surface area contributed by atoms with Gasteiger partial charge in [0.15, 0.2) is 5.82 Å². The van der Waals surface area contributed by atoms with Gasteiger partial charge in [0.25, 0.3) is 0 Å². The van der Waals surface area contributed by atoms with Gasteiger partial charge in [-0.2, -0.15) is 0 Å². The van der Waals surface area contributed by atoms with Gasteiger partial charge in [0.1, 0.15) is 10.7 Å². The Morgan fingerprint density at radius 1 is 1.42 bits per heavy atom. The second kappa shape index (κ2) is 6.38. The normalized spacial score (nSPS) is 13.5. The molecule has 1 rings (SSSR count).